The van der Waals surface area contributed by atoms with E-state index in [4.69, 9.17) is 11.6 Å². The van der Waals surface area contributed by atoms with Crippen molar-refractivity contribution in [3.63, 3.8) is 0 Å². The molecule has 0 bridgehead atoms. The van der Waals surface area contributed by atoms with E-state index in [1.54, 1.807) is 6.33 Å². The van der Waals surface area contributed by atoms with E-state index in [0.717, 1.165) is 17.1 Å². The van der Waals surface area contributed by atoms with Crippen LogP contribution < -0.4 is 5.32 Å². The van der Waals surface area contributed by atoms with Gasteiger partial charge in [-0.2, -0.15) is 0 Å². The molecule has 0 amide bonds. The number of nitrogens with one attached hydrogen (secondary N) is 1. The molecule has 2 rings (SSSR count). The number of aryl methyl sites for hydroxylation is 1. The van der Waals surface area contributed by atoms with Gasteiger partial charge in [-0.05, 0) is 19.4 Å². The van der Waals surface area contributed by atoms with Gasteiger partial charge in [-0.3, -0.25) is 0 Å². The van der Waals surface area contributed by atoms with Crippen LogP contribution in [-0.4, -0.2) is 15.8 Å². The summed E-state index contributed by atoms with van der Waals surface area (Å²) < 4.78 is 0. The van der Waals surface area contributed by atoms with Crippen LogP contribution in [0, 0.1) is 6.92 Å². The molecular weight excluding hydrogens is 246 g/mol. The molecule has 1 heterocycles. The topological polar surface area (TPSA) is 37.8 Å². The fourth-order valence-electron chi connectivity index (χ4n) is 1.79. The standard InChI is InChI=1S/C14H16ClN3/c1-11-8-13(17-10-16-11)18-14(2,9-15)12-6-4-3-5-7-12/h3-8,10H,9H2,1-2H3,(H,16,17,18). The summed E-state index contributed by atoms with van der Waals surface area (Å²) in [4.78, 5) is 8.30. The number of aromatic nitrogens is 2. The first-order chi connectivity index (χ1) is 8.64. The Morgan fingerprint density at radius 3 is 2.56 bits per heavy atom. The fraction of sp³-hybridized carbons (Fsp3) is 0.286. The molecule has 3 nitrogen and oxygen atoms in total. The van der Waals surface area contributed by atoms with E-state index in [9.17, 15) is 0 Å². The molecule has 1 atom stereocenters. The molecule has 94 valence electrons. The number of benzene rings is 1. The van der Waals surface area contributed by atoms with Gasteiger partial charge in [0.1, 0.15) is 12.1 Å². The zero-order chi connectivity index (χ0) is 13.0. The molecule has 1 N–H and O–H groups in total. The molecule has 0 spiro atoms. The van der Waals surface area contributed by atoms with E-state index in [2.05, 4.69) is 34.3 Å². The average molecular weight is 262 g/mol. The summed E-state index contributed by atoms with van der Waals surface area (Å²) in [5, 5.41) is 3.38. The SMILES string of the molecule is Cc1cc(NC(C)(CCl)c2ccccc2)ncn1. The highest BCUT2D eigenvalue weighted by molar-refractivity contribution is 6.18. The van der Waals surface area contributed by atoms with Crippen molar-refractivity contribution >= 4 is 17.4 Å². The minimum atomic E-state index is -0.344. The van der Waals surface area contributed by atoms with Crippen molar-refractivity contribution < 1.29 is 0 Å². The molecule has 0 fully saturated rings. The van der Waals surface area contributed by atoms with Gasteiger partial charge in [-0.25, -0.2) is 9.97 Å². The Hall–Kier alpha value is -1.61. The molecule has 18 heavy (non-hydrogen) atoms. The lowest BCUT2D eigenvalue weighted by Crippen LogP contribution is -2.34. The smallest absolute Gasteiger partial charge is 0.130 e. The van der Waals surface area contributed by atoms with Crippen molar-refractivity contribution in [1.82, 2.24) is 9.97 Å². The molecule has 0 aliphatic carbocycles. The third kappa shape index (κ3) is 2.79. The Bertz CT molecular complexity index is 515. The maximum absolute atomic E-state index is 6.13. The maximum Gasteiger partial charge on any atom is 0.130 e. The zero-order valence-corrected chi connectivity index (χ0v) is 11.3. The van der Waals surface area contributed by atoms with Crippen molar-refractivity contribution in [2.24, 2.45) is 0 Å². The lowest BCUT2D eigenvalue weighted by Gasteiger charge is -2.29. The second-order valence-corrected chi connectivity index (χ2v) is 4.77. The summed E-state index contributed by atoms with van der Waals surface area (Å²) in [7, 11) is 0. The number of alkyl halides is 1. The van der Waals surface area contributed by atoms with Gasteiger partial charge in [0.15, 0.2) is 0 Å². The second-order valence-electron chi connectivity index (χ2n) is 4.50. The summed E-state index contributed by atoms with van der Waals surface area (Å²) in [6.45, 7) is 4.00. The number of hydrogen-bond acceptors (Lipinski definition) is 3. The number of nitrogens with zero attached hydrogens (tertiary/aromatic N) is 2. The van der Waals surface area contributed by atoms with Crippen molar-refractivity contribution in [2.45, 2.75) is 19.4 Å². The molecule has 1 unspecified atom stereocenters. The van der Waals surface area contributed by atoms with Gasteiger partial charge in [0.25, 0.3) is 0 Å². The highest BCUT2D eigenvalue weighted by Gasteiger charge is 2.25. The maximum atomic E-state index is 6.13. The summed E-state index contributed by atoms with van der Waals surface area (Å²) in [5.74, 6) is 1.24. The van der Waals surface area contributed by atoms with Crippen molar-refractivity contribution in [1.29, 1.82) is 0 Å². The van der Waals surface area contributed by atoms with Crippen molar-refractivity contribution in [3.05, 3.63) is 54.0 Å². The predicted molar refractivity (Wildman–Crippen MR) is 74.9 cm³/mol. The average Bonchev–Trinajstić information content (AvgIpc) is 2.39. The first-order valence-corrected chi connectivity index (χ1v) is 6.36. The van der Waals surface area contributed by atoms with Crippen LogP contribution in [0.4, 0.5) is 5.82 Å². The minimum Gasteiger partial charge on any atom is -0.360 e. The highest BCUT2D eigenvalue weighted by Crippen LogP contribution is 2.26. The Morgan fingerprint density at radius 2 is 1.94 bits per heavy atom. The van der Waals surface area contributed by atoms with Gasteiger partial charge < -0.3 is 5.32 Å². The van der Waals surface area contributed by atoms with Crippen molar-refractivity contribution in [2.75, 3.05) is 11.2 Å². The van der Waals surface area contributed by atoms with E-state index in [-0.39, 0.29) is 5.54 Å². The highest BCUT2D eigenvalue weighted by atomic mass is 35.5. The molecule has 0 aliphatic rings. The molecule has 2 aromatic rings. The largest absolute Gasteiger partial charge is 0.360 e. The van der Waals surface area contributed by atoms with E-state index < -0.39 is 0 Å². The monoisotopic (exact) mass is 261 g/mol. The molecule has 0 aliphatic heterocycles. The Balaban J connectivity index is 2.29. The van der Waals surface area contributed by atoms with Crippen molar-refractivity contribution in [3.8, 4) is 0 Å². The second kappa shape index (κ2) is 5.36. The number of halogens is 1. The van der Waals surface area contributed by atoms with Crippen LogP contribution in [0.1, 0.15) is 18.2 Å². The summed E-state index contributed by atoms with van der Waals surface area (Å²) in [6, 6.07) is 12.0. The van der Waals surface area contributed by atoms with Crippen LogP contribution in [-0.2, 0) is 5.54 Å². The van der Waals surface area contributed by atoms with Crippen LogP contribution in [0.3, 0.4) is 0 Å². The van der Waals surface area contributed by atoms with E-state index in [1.165, 1.54) is 0 Å². The first-order valence-electron chi connectivity index (χ1n) is 5.82. The van der Waals surface area contributed by atoms with Crippen LogP contribution in [0.5, 0.6) is 0 Å². The van der Waals surface area contributed by atoms with Crippen LogP contribution in [0.25, 0.3) is 0 Å². The summed E-state index contributed by atoms with van der Waals surface area (Å²) in [5.41, 5.74) is 1.72. The Morgan fingerprint density at radius 1 is 1.22 bits per heavy atom. The van der Waals surface area contributed by atoms with E-state index >= 15 is 0 Å². The Kier molecular flexibility index (Phi) is 3.82. The first kappa shape index (κ1) is 12.8. The van der Waals surface area contributed by atoms with Gasteiger partial charge in [0.05, 0.1) is 5.54 Å². The van der Waals surface area contributed by atoms with Gasteiger partial charge in [-0.15, -0.1) is 11.6 Å². The normalized spacial score (nSPS) is 13.9. The summed E-state index contributed by atoms with van der Waals surface area (Å²) >= 11 is 6.13. The third-order valence-electron chi connectivity index (χ3n) is 2.89. The van der Waals surface area contributed by atoms with Gasteiger partial charge in [0, 0.05) is 17.6 Å². The summed E-state index contributed by atoms with van der Waals surface area (Å²) in [6.07, 6.45) is 1.55. The molecule has 1 aromatic heterocycles. The number of hydrogen-bond donors (Lipinski definition) is 1. The lowest BCUT2D eigenvalue weighted by atomic mass is 9.94. The number of rotatable bonds is 4. The van der Waals surface area contributed by atoms with Gasteiger partial charge in [0.2, 0.25) is 0 Å². The molecule has 0 radical (unpaired) electrons. The van der Waals surface area contributed by atoms with Crippen LogP contribution in [0.2, 0.25) is 0 Å². The van der Waals surface area contributed by atoms with Gasteiger partial charge >= 0.3 is 0 Å². The number of anilines is 1. The minimum absolute atomic E-state index is 0.344. The molecule has 1 aromatic carbocycles. The molecule has 0 saturated heterocycles. The lowest BCUT2D eigenvalue weighted by molar-refractivity contribution is 0.613. The zero-order valence-electron chi connectivity index (χ0n) is 10.5. The van der Waals surface area contributed by atoms with Gasteiger partial charge in [-0.1, -0.05) is 30.3 Å². The van der Waals surface area contributed by atoms with E-state index in [1.807, 2.05) is 31.2 Å². The molecule has 4 heteroatoms. The molecule has 0 saturated carbocycles. The predicted octanol–water partition coefficient (Wildman–Crippen LogP) is 3.35. The quantitative estimate of drug-likeness (QED) is 0.858. The van der Waals surface area contributed by atoms with E-state index in [0.29, 0.717) is 5.88 Å². The van der Waals surface area contributed by atoms with Crippen LogP contribution >= 0.6 is 11.6 Å². The fourth-order valence-corrected chi connectivity index (χ4v) is 2.02. The Labute approximate surface area is 112 Å². The third-order valence-corrected chi connectivity index (χ3v) is 3.42. The molecular formula is C14H16ClN3. The van der Waals surface area contributed by atoms with Crippen LogP contribution in [0.15, 0.2) is 42.7 Å².